The summed E-state index contributed by atoms with van der Waals surface area (Å²) in [6.07, 6.45) is 4.04. The Morgan fingerprint density at radius 2 is 2.22 bits per heavy atom. The summed E-state index contributed by atoms with van der Waals surface area (Å²) in [5.41, 5.74) is 6.24. The molecule has 1 N–H and O–H groups in total. The van der Waals surface area contributed by atoms with E-state index in [1.165, 1.54) is 0 Å². The Hall–Kier alpha value is -2.87. The quantitative estimate of drug-likeness (QED) is 0.627. The van der Waals surface area contributed by atoms with Crippen LogP contribution in [0, 0.1) is 18.3 Å². The fourth-order valence-corrected chi connectivity index (χ4v) is 2.25. The SMILES string of the molecule is CCN(CCC#N)c1ccc(/C=N\Nc2ccccn2)c(C)c1. The number of rotatable bonds is 7. The number of nitrogens with one attached hydrogen (secondary N) is 1. The molecule has 0 bridgehead atoms. The van der Waals surface area contributed by atoms with Crippen molar-refractivity contribution in [3.05, 3.63) is 53.7 Å². The highest BCUT2D eigenvalue weighted by molar-refractivity contribution is 5.83. The number of aryl methyl sites for hydroxylation is 1. The van der Waals surface area contributed by atoms with Gasteiger partial charge in [-0.3, -0.25) is 5.43 Å². The van der Waals surface area contributed by atoms with Gasteiger partial charge in [0.2, 0.25) is 0 Å². The fraction of sp³-hybridized carbons (Fsp3) is 0.278. The Morgan fingerprint density at radius 3 is 2.87 bits per heavy atom. The van der Waals surface area contributed by atoms with Gasteiger partial charge in [-0.2, -0.15) is 10.4 Å². The summed E-state index contributed by atoms with van der Waals surface area (Å²) in [7, 11) is 0. The van der Waals surface area contributed by atoms with Crippen molar-refractivity contribution >= 4 is 17.7 Å². The van der Waals surface area contributed by atoms with Gasteiger partial charge < -0.3 is 4.90 Å². The van der Waals surface area contributed by atoms with E-state index in [0.29, 0.717) is 12.2 Å². The van der Waals surface area contributed by atoms with Crippen molar-refractivity contribution in [2.75, 3.05) is 23.4 Å². The third-order valence-corrected chi connectivity index (χ3v) is 3.54. The van der Waals surface area contributed by atoms with Crippen LogP contribution in [0.4, 0.5) is 11.5 Å². The molecule has 0 atom stereocenters. The van der Waals surface area contributed by atoms with E-state index < -0.39 is 0 Å². The van der Waals surface area contributed by atoms with Crippen molar-refractivity contribution in [2.45, 2.75) is 20.3 Å². The van der Waals surface area contributed by atoms with E-state index in [9.17, 15) is 0 Å². The molecule has 1 aromatic heterocycles. The number of benzene rings is 1. The van der Waals surface area contributed by atoms with Gasteiger partial charge in [-0.25, -0.2) is 4.98 Å². The highest BCUT2D eigenvalue weighted by Crippen LogP contribution is 2.18. The van der Waals surface area contributed by atoms with E-state index in [1.54, 1.807) is 12.4 Å². The molecule has 0 unspecified atom stereocenters. The Balaban J connectivity index is 2.05. The topological polar surface area (TPSA) is 64.3 Å². The average Bonchev–Trinajstić information content (AvgIpc) is 2.58. The highest BCUT2D eigenvalue weighted by Gasteiger charge is 2.05. The van der Waals surface area contributed by atoms with E-state index in [0.717, 1.165) is 29.9 Å². The minimum atomic E-state index is 0.532. The van der Waals surface area contributed by atoms with Gasteiger partial charge in [0.05, 0.1) is 18.7 Å². The summed E-state index contributed by atoms with van der Waals surface area (Å²) >= 11 is 0. The van der Waals surface area contributed by atoms with Crippen molar-refractivity contribution < 1.29 is 0 Å². The third kappa shape index (κ3) is 4.82. The number of hydrazone groups is 1. The summed E-state index contributed by atoms with van der Waals surface area (Å²) in [6, 6.07) is 14.1. The van der Waals surface area contributed by atoms with Gasteiger partial charge in [0, 0.05) is 25.0 Å². The minimum Gasteiger partial charge on any atom is -0.371 e. The van der Waals surface area contributed by atoms with Crippen LogP contribution in [0.1, 0.15) is 24.5 Å². The first-order valence-corrected chi connectivity index (χ1v) is 7.67. The molecule has 0 fully saturated rings. The maximum absolute atomic E-state index is 8.74. The molecule has 5 heteroatoms. The number of nitrogens with zero attached hydrogens (tertiary/aromatic N) is 4. The molecular weight excluding hydrogens is 286 g/mol. The van der Waals surface area contributed by atoms with Crippen LogP contribution in [0.15, 0.2) is 47.7 Å². The Labute approximate surface area is 137 Å². The van der Waals surface area contributed by atoms with Gasteiger partial charge in [0.1, 0.15) is 5.82 Å². The Bertz CT molecular complexity index is 688. The smallest absolute Gasteiger partial charge is 0.146 e. The van der Waals surface area contributed by atoms with Gasteiger partial charge in [-0.15, -0.1) is 0 Å². The lowest BCUT2D eigenvalue weighted by Gasteiger charge is -2.22. The molecule has 2 aromatic rings. The molecule has 1 heterocycles. The van der Waals surface area contributed by atoms with E-state index in [1.807, 2.05) is 24.3 Å². The number of anilines is 2. The van der Waals surface area contributed by atoms with E-state index in [2.05, 4.69) is 52.5 Å². The van der Waals surface area contributed by atoms with Crippen LogP contribution in [0.5, 0.6) is 0 Å². The zero-order valence-electron chi connectivity index (χ0n) is 13.5. The van der Waals surface area contributed by atoms with Crippen molar-refractivity contribution in [3.63, 3.8) is 0 Å². The lowest BCUT2D eigenvalue weighted by atomic mass is 10.1. The second-order valence-corrected chi connectivity index (χ2v) is 5.11. The predicted molar refractivity (Wildman–Crippen MR) is 94.7 cm³/mol. The zero-order valence-corrected chi connectivity index (χ0v) is 13.5. The van der Waals surface area contributed by atoms with Gasteiger partial charge in [0.25, 0.3) is 0 Å². The maximum Gasteiger partial charge on any atom is 0.146 e. The van der Waals surface area contributed by atoms with Crippen LogP contribution >= 0.6 is 0 Å². The van der Waals surface area contributed by atoms with E-state index >= 15 is 0 Å². The van der Waals surface area contributed by atoms with Crippen LogP contribution < -0.4 is 10.3 Å². The Morgan fingerprint density at radius 1 is 1.35 bits per heavy atom. The number of aromatic nitrogens is 1. The molecule has 0 saturated heterocycles. The first-order chi connectivity index (χ1) is 11.2. The van der Waals surface area contributed by atoms with Crippen LogP contribution in [0.2, 0.25) is 0 Å². The second-order valence-electron chi connectivity index (χ2n) is 5.11. The molecule has 0 saturated carbocycles. The van der Waals surface area contributed by atoms with Crippen molar-refractivity contribution in [1.82, 2.24) is 4.98 Å². The van der Waals surface area contributed by atoms with E-state index in [-0.39, 0.29) is 0 Å². The summed E-state index contributed by atoms with van der Waals surface area (Å²) in [5.74, 6) is 0.715. The monoisotopic (exact) mass is 307 g/mol. The third-order valence-electron chi connectivity index (χ3n) is 3.54. The summed E-state index contributed by atoms with van der Waals surface area (Å²) < 4.78 is 0. The largest absolute Gasteiger partial charge is 0.371 e. The van der Waals surface area contributed by atoms with Crippen LogP contribution in [0.3, 0.4) is 0 Å². The van der Waals surface area contributed by atoms with E-state index in [4.69, 9.17) is 5.26 Å². The Kier molecular flexibility index (Phi) is 6.13. The van der Waals surface area contributed by atoms with Crippen LogP contribution in [-0.2, 0) is 0 Å². The molecule has 5 nitrogen and oxygen atoms in total. The number of nitriles is 1. The van der Waals surface area contributed by atoms with Crippen molar-refractivity contribution in [1.29, 1.82) is 5.26 Å². The second kappa shape index (κ2) is 8.54. The summed E-state index contributed by atoms with van der Waals surface area (Å²) in [6.45, 7) is 5.79. The molecule has 0 spiro atoms. The first-order valence-electron chi connectivity index (χ1n) is 7.67. The van der Waals surface area contributed by atoms with Crippen LogP contribution in [0.25, 0.3) is 0 Å². The zero-order chi connectivity index (χ0) is 16.5. The normalized spacial score (nSPS) is 10.5. The van der Waals surface area contributed by atoms with Crippen molar-refractivity contribution in [3.8, 4) is 6.07 Å². The minimum absolute atomic E-state index is 0.532. The number of hydrogen-bond acceptors (Lipinski definition) is 5. The average molecular weight is 307 g/mol. The molecule has 1 aromatic carbocycles. The maximum atomic E-state index is 8.74. The number of hydrogen-bond donors (Lipinski definition) is 1. The van der Waals surface area contributed by atoms with Gasteiger partial charge in [-0.1, -0.05) is 12.1 Å². The molecular formula is C18H21N5. The first kappa shape index (κ1) is 16.5. The van der Waals surface area contributed by atoms with Gasteiger partial charge in [0.15, 0.2) is 0 Å². The van der Waals surface area contributed by atoms with Crippen molar-refractivity contribution in [2.24, 2.45) is 5.10 Å². The predicted octanol–water partition coefficient (Wildman–Crippen LogP) is 3.58. The molecule has 0 amide bonds. The molecule has 0 aliphatic heterocycles. The number of pyridine rings is 1. The highest BCUT2D eigenvalue weighted by atomic mass is 15.3. The summed E-state index contributed by atoms with van der Waals surface area (Å²) in [4.78, 5) is 6.35. The molecule has 118 valence electrons. The molecule has 23 heavy (non-hydrogen) atoms. The molecule has 0 aliphatic carbocycles. The lowest BCUT2D eigenvalue weighted by molar-refractivity contribution is 0.826. The van der Waals surface area contributed by atoms with Crippen LogP contribution in [-0.4, -0.2) is 24.3 Å². The molecule has 2 rings (SSSR count). The summed E-state index contributed by atoms with van der Waals surface area (Å²) in [5, 5.41) is 13.0. The fourth-order valence-electron chi connectivity index (χ4n) is 2.25. The lowest BCUT2D eigenvalue weighted by Crippen LogP contribution is -2.23. The standard InChI is InChI=1S/C18H21N5/c1-3-23(12-6-10-19)17-9-8-16(15(2)13-17)14-21-22-18-7-4-5-11-20-18/h4-5,7-9,11,13-14H,3,6,12H2,1-2H3,(H,20,22)/b21-14-. The molecule has 0 radical (unpaired) electrons. The molecule has 0 aliphatic rings. The van der Waals surface area contributed by atoms with Gasteiger partial charge >= 0.3 is 0 Å². The van der Waals surface area contributed by atoms with Gasteiger partial charge in [-0.05, 0) is 49.2 Å².